The Hall–Kier alpha value is -3.29. The number of benzene rings is 2. The van der Waals surface area contributed by atoms with Gasteiger partial charge in [0.2, 0.25) is 0 Å². The summed E-state index contributed by atoms with van der Waals surface area (Å²) in [7, 11) is 0. The largest absolute Gasteiger partial charge is 0.489 e. The maximum Gasteiger partial charge on any atom is 0.387 e. The molecule has 0 spiro atoms. The lowest BCUT2D eigenvalue weighted by Crippen LogP contribution is -2.40. The highest BCUT2D eigenvalue weighted by molar-refractivity contribution is 7.99. The molecule has 0 N–H and O–H groups in total. The van der Waals surface area contributed by atoms with Crippen molar-refractivity contribution >= 4 is 57.7 Å². The zero-order valence-electron chi connectivity index (χ0n) is 27.0. The van der Waals surface area contributed by atoms with E-state index in [0.717, 1.165) is 68.8 Å². The number of fused-ring (bicyclic) bond motifs is 1. The minimum atomic E-state index is -3.02. The molecule has 9 nitrogen and oxygen atoms in total. The molecule has 2 aromatic carbocycles. The number of aromatic nitrogens is 2. The van der Waals surface area contributed by atoms with Gasteiger partial charge >= 0.3 is 12.6 Å². The number of hydrogen-bond donors (Lipinski definition) is 0. The summed E-state index contributed by atoms with van der Waals surface area (Å²) in [6.07, 6.45) is 8.14. The Kier molecular flexibility index (Phi) is 12.0. The van der Waals surface area contributed by atoms with E-state index in [0.29, 0.717) is 33.7 Å². The normalized spacial score (nSPS) is 15.8. The molecule has 262 valence electrons. The van der Waals surface area contributed by atoms with Gasteiger partial charge in [-0.2, -0.15) is 8.78 Å². The van der Waals surface area contributed by atoms with Gasteiger partial charge in [0.15, 0.2) is 11.5 Å². The van der Waals surface area contributed by atoms with Crippen LogP contribution < -0.4 is 13.8 Å². The Morgan fingerprint density at radius 2 is 1.86 bits per heavy atom. The third-order valence-corrected chi connectivity index (χ3v) is 10.1. The van der Waals surface area contributed by atoms with Crippen molar-refractivity contribution in [2.75, 3.05) is 56.6 Å². The molecule has 2 fully saturated rings. The first-order chi connectivity index (χ1) is 23.8. The van der Waals surface area contributed by atoms with Gasteiger partial charge in [0, 0.05) is 74.0 Å². The average Bonchev–Trinajstić information content (AvgIpc) is 3.85. The van der Waals surface area contributed by atoms with Crippen LogP contribution in [-0.2, 0) is 27.2 Å². The van der Waals surface area contributed by atoms with Gasteiger partial charge in [-0.25, -0.2) is 0 Å². The van der Waals surface area contributed by atoms with Gasteiger partial charge in [0.1, 0.15) is 12.6 Å². The number of morpholine rings is 1. The van der Waals surface area contributed by atoms with E-state index in [2.05, 4.69) is 32.6 Å². The van der Waals surface area contributed by atoms with Crippen molar-refractivity contribution in [2.24, 2.45) is 5.92 Å². The Morgan fingerprint density at radius 3 is 2.57 bits per heavy atom. The molecule has 49 heavy (non-hydrogen) atoms. The predicted octanol–water partition coefficient (Wildman–Crippen LogP) is 7.68. The van der Waals surface area contributed by atoms with E-state index < -0.39 is 18.7 Å². The average molecular weight is 736 g/mol. The van der Waals surface area contributed by atoms with E-state index in [1.165, 1.54) is 18.5 Å². The fourth-order valence-electron chi connectivity index (χ4n) is 5.77. The number of halogens is 4. The lowest BCUT2D eigenvalue weighted by atomic mass is 10.0. The van der Waals surface area contributed by atoms with Crippen LogP contribution in [-0.4, -0.2) is 79.3 Å². The Bertz CT molecular complexity index is 1720. The number of nitrogens with zero attached hydrogens (tertiary/aromatic N) is 4. The van der Waals surface area contributed by atoms with Crippen LogP contribution in [0.5, 0.6) is 11.5 Å². The fourth-order valence-corrected chi connectivity index (χ4v) is 6.88. The molecule has 1 unspecified atom stereocenters. The molecular formula is C35H38Cl2F2N4O5S. The van der Waals surface area contributed by atoms with Crippen LogP contribution in [0.15, 0.2) is 61.1 Å². The number of ether oxygens (including phenoxy) is 4. The summed E-state index contributed by atoms with van der Waals surface area (Å²) in [5.74, 6) is -0.0761. The lowest BCUT2D eigenvalue weighted by molar-refractivity contribution is -0.150. The Labute approximate surface area is 298 Å². The van der Waals surface area contributed by atoms with E-state index in [9.17, 15) is 13.6 Å². The van der Waals surface area contributed by atoms with Gasteiger partial charge in [0.25, 0.3) is 0 Å². The van der Waals surface area contributed by atoms with Crippen molar-refractivity contribution in [3.05, 3.63) is 82.2 Å². The first-order valence-electron chi connectivity index (χ1n) is 16.2. The van der Waals surface area contributed by atoms with E-state index in [1.807, 2.05) is 22.9 Å². The van der Waals surface area contributed by atoms with Crippen LogP contribution in [0.3, 0.4) is 0 Å². The SMILES string of the molecule is CSN(CCN1CCOCC1)c1ccc2c(ccn2CC(=O)OC(Cc2c(Cl)cncc2Cl)c2ccc(OC(F)F)c(OCC3CC3)c2)c1. The minimum Gasteiger partial charge on any atom is -0.489 e. The van der Waals surface area contributed by atoms with Crippen LogP contribution in [0.4, 0.5) is 14.5 Å². The summed E-state index contributed by atoms with van der Waals surface area (Å²) < 4.78 is 52.7. The van der Waals surface area contributed by atoms with Crippen molar-refractivity contribution in [3.63, 3.8) is 0 Å². The van der Waals surface area contributed by atoms with Gasteiger partial charge in [-0.05, 0) is 66.3 Å². The summed E-state index contributed by atoms with van der Waals surface area (Å²) in [6, 6.07) is 12.7. The number of anilines is 1. The molecule has 4 aromatic rings. The molecule has 3 heterocycles. The number of alkyl halides is 2. The highest BCUT2D eigenvalue weighted by atomic mass is 35.5. The van der Waals surface area contributed by atoms with Crippen LogP contribution in [0.25, 0.3) is 10.9 Å². The van der Waals surface area contributed by atoms with Crippen LogP contribution in [0, 0.1) is 5.92 Å². The predicted molar refractivity (Wildman–Crippen MR) is 188 cm³/mol. The molecule has 6 rings (SSSR count). The summed E-state index contributed by atoms with van der Waals surface area (Å²) in [5.41, 5.74) is 3.02. The Balaban J connectivity index is 1.20. The van der Waals surface area contributed by atoms with E-state index in [-0.39, 0.29) is 24.5 Å². The van der Waals surface area contributed by atoms with E-state index >= 15 is 0 Å². The topological polar surface area (TPSA) is 78.3 Å². The van der Waals surface area contributed by atoms with Gasteiger partial charge in [-0.3, -0.25) is 14.7 Å². The highest BCUT2D eigenvalue weighted by Gasteiger charge is 2.26. The van der Waals surface area contributed by atoms with Crippen molar-refractivity contribution < 1.29 is 32.5 Å². The summed E-state index contributed by atoms with van der Waals surface area (Å²) in [5, 5.41) is 1.62. The molecule has 1 aliphatic heterocycles. The third kappa shape index (κ3) is 9.49. The van der Waals surface area contributed by atoms with Crippen LogP contribution >= 0.6 is 35.1 Å². The maximum absolute atomic E-state index is 13.6. The molecular weight excluding hydrogens is 697 g/mol. The number of carbonyl (C=O) groups is 1. The molecule has 2 aliphatic rings. The summed E-state index contributed by atoms with van der Waals surface area (Å²) in [4.78, 5) is 20.0. The van der Waals surface area contributed by atoms with Gasteiger partial charge < -0.3 is 27.8 Å². The van der Waals surface area contributed by atoms with E-state index in [4.69, 9.17) is 42.1 Å². The van der Waals surface area contributed by atoms with E-state index in [1.54, 1.807) is 24.1 Å². The minimum absolute atomic E-state index is 0.0575. The zero-order chi connectivity index (χ0) is 34.3. The second kappa shape index (κ2) is 16.6. The number of rotatable bonds is 16. The second-order valence-electron chi connectivity index (χ2n) is 12.0. The smallest absolute Gasteiger partial charge is 0.387 e. The fraction of sp³-hybridized carbons (Fsp3) is 0.429. The molecule has 1 aliphatic carbocycles. The molecule has 2 aromatic heterocycles. The van der Waals surface area contributed by atoms with Gasteiger partial charge in [-0.15, -0.1) is 0 Å². The van der Waals surface area contributed by atoms with Crippen molar-refractivity contribution in [1.29, 1.82) is 0 Å². The molecule has 0 radical (unpaired) electrons. The molecule has 14 heteroatoms. The van der Waals surface area contributed by atoms with Gasteiger partial charge in [0.05, 0.1) is 29.9 Å². The van der Waals surface area contributed by atoms with Crippen molar-refractivity contribution in [3.8, 4) is 11.5 Å². The van der Waals surface area contributed by atoms with Crippen molar-refractivity contribution in [1.82, 2.24) is 14.5 Å². The summed E-state index contributed by atoms with van der Waals surface area (Å²) in [6.45, 7) is 2.53. The molecule has 1 saturated heterocycles. The molecule has 0 bridgehead atoms. The monoisotopic (exact) mass is 734 g/mol. The number of pyridine rings is 1. The first-order valence-corrected chi connectivity index (χ1v) is 18.1. The molecule has 1 atom stereocenters. The second-order valence-corrected chi connectivity index (χ2v) is 13.6. The standard InChI is InChI=1S/C35H38Cl2F2N4O5S/c1-49-43(11-10-41-12-14-45-15-13-41)26-5-6-30-24(16-26)8-9-42(30)21-34(44)47-32(18-27-28(36)19-40-20-29(27)37)25-4-7-31(48-35(38)39)33(17-25)46-22-23-2-3-23/h4-9,16-17,19-20,23,32,35H,2-3,10-15,18,21-22H2,1H3. The number of hydrogen-bond acceptors (Lipinski definition) is 9. The Morgan fingerprint density at radius 1 is 1.08 bits per heavy atom. The lowest BCUT2D eigenvalue weighted by Gasteiger charge is -2.30. The van der Waals surface area contributed by atoms with Crippen LogP contribution in [0.1, 0.15) is 30.1 Å². The number of carbonyl (C=O) groups excluding carboxylic acids is 1. The highest BCUT2D eigenvalue weighted by Crippen LogP contribution is 2.38. The van der Waals surface area contributed by atoms with Gasteiger partial charge in [-0.1, -0.05) is 41.2 Å². The van der Waals surface area contributed by atoms with Crippen molar-refractivity contribution in [2.45, 2.75) is 38.5 Å². The first kappa shape index (κ1) is 35.5. The number of esters is 1. The summed E-state index contributed by atoms with van der Waals surface area (Å²) >= 11 is 14.6. The zero-order valence-corrected chi connectivity index (χ0v) is 29.4. The molecule has 1 saturated carbocycles. The van der Waals surface area contributed by atoms with Crippen LogP contribution in [0.2, 0.25) is 10.0 Å². The third-order valence-electron chi connectivity index (χ3n) is 8.63. The molecule has 0 amide bonds. The quantitative estimate of drug-likeness (QED) is 0.0851. The maximum atomic E-state index is 13.6.